The van der Waals surface area contributed by atoms with Crippen molar-refractivity contribution in [3.63, 3.8) is 0 Å². The first-order chi connectivity index (χ1) is 10.2. The Kier molecular flexibility index (Phi) is 4.36. The van der Waals surface area contributed by atoms with Crippen molar-refractivity contribution in [2.24, 2.45) is 11.3 Å². The van der Waals surface area contributed by atoms with Crippen LogP contribution in [0.2, 0.25) is 0 Å². The zero-order chi connectivity index (χ0) is 14.7. The first kappa shape index (κ1) is 14.7. The quantitative estimate of drug-likeness (QED) is 0.732. The van der Waals surface area contributed by atoms with Gasteiger partial charge in [-0.05, 0) is 49.1 Å². The van der Waals surface area contributed by atoms with Crippen molar-refractivity contribution in [1.82, 2.24) is 5.32 Å². The van der Waals surface area contributed by atoms with Crippen molar-refractivity contribution < 1.29 is 14.6 Å². The molecule has 116 valence electrons. The van der Waals surface area contributed by atoms with Gasteiger partial charge in [0.2, 0.25) is 0 Å². The Hall–Kier alpha value is -1.26. The predicted octanol–water partition coefficient (Wildman–Crippen LogP) is 2.21. The Bertz CT molecular complexity index is 469. The number of aliphatic hydroxyl groups is 1. The average molecular weight is 291 g/mol. The highest BCUT2D eigenvalue weighted by molar-refractivity contribution is 5.32. The molecule has 4 nitrogen and oxygen atoms in total. The summed E-state index contributed by atoms with van der Waals surface area (Å²) in [6, 6.07) is 7.45. The van der Waals surface area contributed by atoms with E-state index in [9.17, 15) is 5.11 Å². The maximum Gasteiger partial charge on any atom is 0.123 e. The Morgan fingerprint density at radius 2 is 2.10 bits per heavy atom. The lowest BCUT2D eigenvalue weighted by Gasteiger charge is -2.18. The van der Waals surface area contributed by atoms with E-state index in [4.69, 9.17) is 9.47 Å². The Labute approximate surface area is 126 Å². The van der Waals surface area contributed by atoms with Gasteiger partial charge in [-0.25, -0.2) is 0 Å². The van der Waals surface area contributed by atoms with Crippen molar-refractivity contribution in [3.05, 3.63) is 24.3 Å². The smallest absolute Gasteiger partial charge is 0.123 e. The van der Waals surface area contributed by atoms with Gasteiger partial charge in [0.15, 0.2) is 0 Å². The van der Waals surface area contributed by atoms with E-state index in [1.54, 1.807) is 7.11 Å². The highest BCUT2D eigenvalue weighted by Crippen LogP contribution is 2.60. The van der Waals surface area contributed by atoms with Crippen LogP contribution < -0.4 is 14.8 Å². The maximum atomic E-state index is 9.99. The molecule has 21 heavy (non-hydrogen) atoms. The standard InChI is InChI=1S/C17H25NO3/c1-20-15-3-2-4-16(9-15)21-11-14(19)10-18-12-17(7-8-17)13-5-6-13/h2-4,9,13-14,18-19H,5-8,10-12H2,1H3. The highest BCUT2D eigenvalue weighted by Gasteiger charge is 2.53. The molecule has 0 aromatic heterocycles. The monoisotopic (exact) mass is 291 g/mol. The molecule has 1 unspecified atom stereocenters. The summed E-state index contributed by atoms with van der Waals surface area (Å²) in [6.45, 7) is 1.95. The van der Waals surface area contributed by atoms with Crippen LogP contribution in [0.25, 0.3) is 0 Å². The molecule has 2 saturated carbocycles. The Morgan fingerprint density at radius 1 is 1.33 bits per heavy atom. The molecule has 1 atom stereocenters. The number of ether oxygens (including phenoxy) is 2. The van der Waals surface area contributed by atoms with Gasteiger partial charge in [-0.1, -0.05) is 6.07 Å². The van der Waals surface area contributed by atoms with Crippen molar-refractivity contribution in [2.45, 2.75) is 31.8 Å². The summed E-state index contributed by atoms with van der Waals surface area (Å²) in [7, 11) is 1.63. The summed E-state index contributed by atoms with van der Waals surface area (Å²) in [4.78, 5) is 0. The fourth-order valence-electron chi connectivity index (χ4n) is 3.02. The third-order valence-electron chi connectivity index (χ3n) is 4.68. The number of hydrogen-bond donors (Lipinski definition) is 2. The second-order valence-electron chi connectivity index (χ2n) is 6.41. The van der Waals surface area contributed by atoms with E-state index in [0.29, 0.717) is 18.6 Å². The average Bonchev–Trinajstić information content (AvgIpc) is 3.37. The fraction of sp³-hybridized carbons (Fsp3) is 0.647. The fourth-order valence-corrected chi connectivity index (χ4v) is 3.02. The van der Waals surface area contributed by atoms with E-state index in [2.05, 4.69) is 5.32 Å². The van der Waals surface area contributed by atoms with Crippen LogP contribution in [-0.4, -0.2) is 38.0 Å². The molecular formula is C17H25NO3. The van der Waals surface area contributed by atoms with Gasteiger partial charge in [0.05, 0.1) is 7.11 Å². The molecule has 1 aromatic rings. The molecule has 0 spiro atoms. The van der Waals surface area contributed by atoms with Gasteiger partial charge >= 0.3 is 0 Å². The largest absolute Gasteiger partial charge is 0.497 e. The maximum absolute atomic E-state index is 9.99. The minimum Gasteiger partial charge on any atom is -0.497 e. The van der Waals surface area contributed by atoms with Crippen LogP contribution in [0.3, 0.4) is 0 Å². The molecule has 4 heteroatoms. The topological polar surface area (TPSA) is 50.7 Å². The number of methoxy groups -OCH3 is 1. The van der Waals surface area contributed by atoms with Gasteiger partial charge in [0.25, 0.3) is 0 Å². The van der Waals surface area contributed by atoms with Crippen LogP contribution in [0.5, 0.6) is 11.5 Å². The second kappa shape index (κ2) is 6.24. The molecular weight excluding hydrogens is 266 g/mol. The lowest BCUT2D eigenvalue weighted by atomic mass is 10.0. The van der Waals surface area contributed by atoms with Crippen LogP contribution in [0, 0.1) is 11.3 Å². The second-order valence-corrected chi connectivity index (χ2v) is 6.41. The van der Waals surface area contributed by atoms with Gasteiger partial charge < -0.3 is 19.9 Å². The van der Waals surface area contributed by atoms with E-state index < -0.39 is 6.10 Å². The molecule has 2 aliphatic rings. The van der Waals surface area contributed by atoms with Gasteiger partial charge in [-0.15, -0.1) is 0 Å². The lowest BCUT2D eigenvalue weighted by Crippen LogP contribution is -2.35. The third kappa shape index (κ3) is 3.89. The van der Waals surface area contributed by atoms with Crippen molar-refractivity contribution >= 4 is 0 Å². The van der Waals surface area contributed by atoms with Crippen LogP contribution in [-0.2, 0) is 0 Å². The van der Waals surface area contributed by atoms with E-state index in [-0.39, 0.29) is 0 Å². The molecule has 3 rings (SSSR count). The molecule has 2 N–H and O–H groups in total. The van der Waals surface area contributed by atoms with Gasteiger partial charge in [-0.3, -0.25) is 0 Å². The molecule has 2 fully saturated rings. The van der Waals surface area contributed by atoms with E-state index >= 15 is 0 Å². The van der Waals surface area contributed by atoms with E-state index in [1.807, 2.05) is 24.3 Å². The zero-order valence-corrected chi connectivity index (χ0v) is 12.7. The summed E-state index contributed by atoms with van der Waals surface area (Å²) >= 11 is 0. The SMILES string of the molecule is COc1cccc(OCC(O)CNCC2(C3CC3)CC2)c1. The summed E-state index contributed by atoms with van der Waals surface area (Å²) in [6.07, 6.45) is 5.06. The van der Waals surface area contributed by atoms with Crippen molar-refractivity contribution in [3.8, 4) is 11.5 Å². The van der Waals surface area contributed by atoms with Gasteiger partial charge in [0, 0.05) is 19.2 Å². The molecule has 0 saturated heterocycles. The number of benzene rings is 1. The van der Waals surface area contributed by atoms with E-state index in [0.717, 1.165) is 24.0 Å². The lowest BCUT2D eigenvalue weighted by molar-refractivity contribution is 0.104. The predicted molar refractivity (Wildman–Crippen MR) is 81.8 cm³/mol. The minimum absolute atomic E-state index is 0.302. The van der Waals surface area contributed by atoms with Crippen molar-refractivity contribution in [1.29, 1.82) is 0 Å². The first-order valence-electron chi connectivity index (χ1n) is 7.87. The molecule has 0 amide bonds. The van der Waals surface area contributed by atoms with Crippen molar-refractivity contribution in [2.75, 3.05) is 26.8 Å². The van der Waals surface area contributed by atoms with Gasteiger partial charge in [0.1, 0.15) is 24.2 Å². The molecule has 0 aliphatic heterocycles. The number of nitrogens with one attached hydrogen (secondary N) is 1. The van der Waals surface area contributed by atoms with Crippen LogP contribution in [0.15, 0.2) is 24.3 Å². The zero-order valence-electron chi connectivity index (χ0n) is 12.7. The van der Waals surface area contributed by atoms with Crippen LogP contribution in [0.1, 0.15) is 25.7 Å². The van der Waals surface area contributed by atoms with Crippen LogP contribution in [0.4, 0.5) is 0 Å². The Morgan fingerprint density at radius 3 is 2.76 bits per heavy atom. The number of aliphatic hydroxyl groups excluding tert-OH is 1. The van der Waals surface area contributed by atoms with E-state index in [1.165, 1.54) is 25.7 Å². The number of hydrogen-bond acceptors (Lipinski definition) is 4. The molecule has 0 radical (unpaired) electrons. The number of rotatable bonds is 9. The highest BCUT2D eigenvalue weighted by atomic mass is 16.5. The molecule has 0 heterocycles. The summed E-state index contributed by atoms with van der Waals surface area (Å²) in [5.41, 5.74) is 0.577. The molecule has 1 aromatic carbocycles. The summed E-state index contributed by atoms with van der Waals surface area (Å²) in [5.74, 6) is 2.44. The molecule has 2 aliphatic carbocycles. The van der Waals surface area contributed by atoms with Crippen LogP contribution >= 0.6 is 0 Å². The Balaban J connectivity index is 1.35. The third-order valence-corrected chi connectivity index (χ3v) is 4.68. The minimum atomic E-state index is -0.480. The molecule has 0 bridgehead atoms. The summed E-state index contributed by atoms with van der Waals surface area (Å²) < 4.78 is 10.7. The normalized spacial score (nSPS) is 20.9. The first-order valence-corrected chi connectivity index (χ1v) is 7.87. The summed E-state index contributed by atoms with van der Waals surface area (Å²) in [5, 5.41) is 13.4. The van der Waals surface area contributed by atoms with Gasteiger partial charge in [-0.2, -0.15) is 0 Å².